The van der Waals surface area contributed by atoms with Gasteiger partial charge in [0, 0.05) is 27.7 Å². The molecule has 0 aliphatic heterocycles. The lowest BCUT2D eigenvalue weighted by Gasteiger charge is -2.07. The lowest BCUT2D eigenvalue weighted by atomic mass is 10.3. The third kappa shape index (κ3) is 994. The van der Waals surface area contributed by atoms with Gasteiger partial charge in [-0.1, -0.05) is 0 Å². The molecule has 22 heavy (non-hydrogen) atoms. The minimum absolute atomic E-state index is 0. The van der Waals surface area contributed by atoms with Crippen LogP contribution in [0.4, 0.5) is 0 Å². The minimum Gasteiger partial charge on any atom is -0.481 e. The predicted molar refractivity (Wildman–Crippen MR) is 80.7 cm³/mol. The highest BCUT2D eigenvalue weighted by Gasteiger charge is 1.95. The fourth-order valence-electron chi connectivity index (χ4n) is 0. The summed E-state index contributed by atoms with van der Waals surface area (Å²) in [7, 11) is 0. The van der Waals surface area contributed by atoms with E-state index in [9.17, 15) is 0 Å². The molecule has 0 aromatic carbocycles. The van der Waals surface area contributed by atoms with Crippen LogP contribution in [0, 0.1) is 0 Å². The fraction of sp³-hybridized carbons (Fsp3) is 0.636. The number of carboxylic acids is 4. The smallest absolute Gasteiger partial charge is 0.300 e. The standard InChI is InChI=1S/C3H10N2.4C2H4O2.H3N/c1-3(2,4)5;4*1-2(3)4;/h4-5H2,1-2H3;4*1H3,(H,3,4);1H3. The monoisotopic (exact) mass is 331 g/mol. The highest BCUT2D eigenvalue weighted by molar-refractivity contribution is 5.63. The van der Waals surface area contributed by atoms with Crippen LogP contribution in [0.3, 0.4) is 0 Å². The van der Waals surface area contributed by atoms with Crippen molar-refractivity contribution in [3.63, 3.8) is 0 Å². The van der Waals surface area contributed by atoms with Crippen molar-refractivity contribution in [2.45, 2.75) is 47.2 Å². The van der Waals surface area contributed by atoms with Gasteiger partial charge in [-0.2, -0.15) is 0 Å². The van der Waals surface area contributed by atoms with Crippen molar-refractivity contribution in [3.05, 3.63) is 0 Å². The molecule has 136 valence electrons. The molecule has 0 aliphatic carbocycles. The zero-order chi connectivity index (χ0) is 18.8. The van der Waals surface area contributed by atoms with Gasteiger partial charge in [0.1, 0.15) is 0 Å². The molecule has 0 unspecified atom stereocenters. The van der Waals surface area contributed by atoms with E-state index in [2.05, 4.69) is 0 Å². The van der Waals surface area contributed by atoms with Crippen LogP contribution in [-0.2, 0) is 19.2 Å². The van der Waals surface area contributed by atoms with Crippen LogP contribution in [-0.4, -0.2) is 50.0 Å². The summed E-state index contributed by atoms with van der Waals surface area (Å²) < 4.78 is 0. The molecule has 0 fully saturated rings. The Morgan fingerprint density at radius 1 is 0.636 bits per heavy atom. The van der Waals surface area contributed by atoms with Crippen molar-refractivity contribution in [2.75, 3.05) is 0 Å². The summed E-state index contributed by atoms with van der Waals surface area (Å²) in [5.41, 5.74) is 9.76. The van der Waals surface area contributed by atoms with Gasteiger partial charge in [0.25, 0.3) is 23.9 Å². The summed E-state index contributed by atoms with van der Waals surface area (Å²) in [6.45, 7) is 7.82. The van der Waals surface area contributed by atoms with E-state index in [1.165, 1.54) is 0 Å². The highest BCUT2D eigenvalue weighted by atomic mass is 16.4. The average molecular weight is 331 g/mol. The maximum Gasteiger partial charge on any atom is 0.300 e. The summed E-state index contributed by atoms with van der Waals surface area (Å²) in [6, 6.07) is 0. The van der Waals surface area contributed by atoms with E-state index in [-0.39, 0.29) is 6.15 Å². The van der Waals surface area contributed by atoms with Crippen LogP contribution in [0.2, 0.25) is 0 Å². The first-order chi connectivity index (χ1) is 8.93. The number of rotatable bonds is 0. The Labute approximate surface area is 129 Å². The first-order valence-electron chi connectivity index (χ1n) is 5.29. The number of hydrogen-bond acceptors (Lipinski definition) is 7. The number of aliphatic carboxylic acids is 4. The van der Waals surface area contributed by atoms with Crippen LogP contribution in [0.15, 0.2) is 0 Å². The van der Waals surface area contributed by atoms with Gasteiger partial charge < -0.3 is 38.0 Å². The molecule has 11 heteroatoms. The summed E-state index contributed by atoms with van der Waals surface area (Å²) >= 11 is 0. The lowest BCUT2D eigenvalue weighted by molar-refractivity contribution is -0.135. The third-order valence-corrected chi connectivity index (χ3v) is 0. The van der Waals surface area contributed by atoms with E-state index in [0.717, 1.165) is 27.7 Å². The molecule has 11 nitrogen and oxygen atoms in total. The topological polar surface area (TPSA) is 236 Å². The van der Waals surface area contributed by atoms with Crippen molar-refractivity contribution in [1.82, 2.24) is 6.15 Å². The molecule has 11 N–H and O–H groups in total. The van der Waals surface area contributed by atoms with Crippen LogP contribution < -0.4 is 17.6 Å². The molecule has 0 spiro atoms. The van der Waals surface area contributed by atoms with Crippen molar-refractivity contribution >= 4 is 23.9 Å². The summed E-state index contributed by atoms with van der Waals surface area (Å²) in [5, 5.41) is 29.7. The lowest BCUT2D eigenvalue weighted by Crippen LogP contribution is -2.42. The van der Waals surface area contributed by atoms with Gasteiger partial charge >= 0.3 is 0 Å². The molecular weight excluding hydrogens is 302 g/mol. The van der Waals surface area contributed by atoms with Gasteiger partial charge in [-0.3, -0.25) is 19.2 Å². The Hall–Kier alpha value is -2.24. The molecule has 0 radical (unpaired) electrons. The SMILES string of the molecule is CC(=O)O.CC(=O)O.CC(=O)O.CC(=O)O.CC(C)(N)N.N. The highest BCUT2D eigenvalue weighted by Crippen LogP contribution is 1.76. The Morgan fingerprint density at radius 3 is 0.636 bits per heavy atom. The molecule has 0 aromatic rings. The van der Waals surface area contributed by atoms with Gasteiger partial charge in [0.15, 0.2) is 0 Å². The van der Waals surface area contributed by atoms with Crippen LogP contribution in [0.1, 0.15) is 41.5 Å². The molecule has 0 aromatic heterocycles. The summed E-state index contributed by atoms with van der Waals surface area (Å²) in [5.74, 6) is -3.33. The quantitative estimate of drug-likeness (QED) is 0.295. The van der Waals surface area contributed by atoms with Crippen molar-refractivity contribution in [2.24, 2.45) is 11.5 Å². The predicted octanol–water partition coefficient (Wildman–Crippen LogP) is 0.166. The Kier molecular flexibility index (Phi) is 39.8. The van der Waals surface area contributed by atoms with Gasteiger partial charge in [-0.15, -0.1) is 0 Å². The second kappa shape index (κ2) is 23.8. The first kappa shape index (κ1) is 36.7. The van der Waals surface area contributed by atoms with Crippen molar-refractivity contribution in [1.29, 1.82) is 0 Å². The van der Waals surface area contributed by atoms with Crippen molar-refractivity contribution < 1.29 is 39.6 Å². The zero-order valence-corrected chi connectivity index (χ0v) is 13.8. The molecular formula is C11H29N3O8. The third-order valence-electron chi connectivity index (χ3n) is 0. The molecule has 0 atom stereocenters. The number of carbonyl (C=O) groups is 4. The van der Waals surface area contributed by atoms with E-state index in [1.54, 1.807) is 13.8 Å². The molecule has 0 aliphatic rings. The molecule has 0 bridgehead atoms. The Bertz CT molecular complexity index is 230. The van der Waals surface area contributed by atoms with Crippen LogP contribution >= 0.6 is 0 Å². The normalized spacial score (nSPS) is 7.27. The van der Waals surface area contributed by atoms with Gasteiger partial charge in [-0.25, -0.2) is 0 Å². The summed E-state index contributed by atoms with van der Waals surface area (Å²) in [4.78, 5) is 36.0. The largest absolute Gasteiger partial charge is 0.481 e. The summed E-state index contributed by atoms with van der Waals surface area (Å²) in [6.07, 6.45) is 0. The molecule has 0 amide bonds. The van der Waals surface area contributed by atoms with E-state index < -0.39 is 29.5 Å². The molecule has 0 saturated heterocycles. The Morgan fingerprint density at radius 2 is 0.636 bits per heavy atom. The van der Waals surface area contributed by atoms with E-state index in [4.69, 9.17) is 51.1 Å². The second-order valence-corrected chi connectivity index (χ2v) is 3.90. The zero-order valence-electron chi connectivity index (χ0n) is 13.8. The second-order valence-electron chi connectivity index (χ2n) is 3.90. The Balaban J connectivity index is -0.0000000361. The van der Waals surface area contributed by atoms with Gasteiger partial charge in [0.05, 0.1) is 5.66 Å². The van der Waals surface area contributed by atoms with Crippen LogP contribution in [0.5, 0.6) is 0 Å². The minimum atomic E-state index is -0.833. The maximum absolute atomic E-state index is 9.00. The average Bonchev–Trinajstić information content (AvgIpc) is 1.91. The van der Waals surface area contributed by atoms with Crippen molar-refractivity contribution in [3.8, 4) is 0 Å². The fourth-order valence-corrected chi connectivity index (χ4v) is 0. The van der Waals surface area contributed by atoms with Crippen LogP contribution in [0.25, 0.3) is 0 Å². The number of hydrogen-bond donors (Lipinski definition) is 7. The first-order valence-corrected chi connectivity index (χ1v) is 5.29. The van der Waals surface area contributed by atoms with E-state index in [1.807, 2.05) is 0 Å². The molecule has 0 heterocycles. The van der Waals surface area contributed by atoms with E-state index >= 15 is 0 Å². The number of nitrogens with two attached hydrogens (primary N) is 2. The van der Waals surface area contributed by atoms with Gasteiger partial charge in [-0.05, 0) is 13.8 Å². The molecule has 0 rings (SSSR count). The maximum atomic E-state index is 9.00. The van der Waals surface area contributed by atoms with Gasteiger partial charge in [0.2, 0.25) is 0 Å². The molecule has 0 saturated carbocycles. The van der Waals surface area contributed by atoms with E-state index in [0.29, 0.717) is 0 Å². The number of carboxylic acid groups (broad SMARTS) is 4.